The molecule has 8 heteroatoms. The van der Waals surface area contributed by atoms with E-state index in [0.717, 1.165) is 57.8 Å². The van der Waals surface area contributed by atoms with E-state index in [4.69, 9.17) is 14.2 Å². The highest BCUT2D eigenvalue weighted by molar-refractivity contribution is 5.70. The van der Waals surface area contributed by atoms with E-state index in [0.29, 0.717) is 12.8 Å². The van der Waals surface area contributed by atoms with Crippen molar-refractivity contribution in [1.29, 1.82) is 0 Å². The molecule has 0 aliphatic rings. The summed E-state index contributed by atoms with van der Waals surface area (Å²) in [4.78, 5) is 37.1. The number of aliphatic carboxylic acids is 1. The van der Waals surface area contributed by atoms with Crippen molar-refractivity contribution >= 4 is 17.9 Å². The molecule has 0 rings (SSSR count). The van der Waals surface area contributed by atoms with Gasteiger partial charge in [-0.3, -0.25) is 9.59 Å². The SMILES string of the molecule is CCCCC/C=C/C/C=C/C/C=C/CCCCCCCCCCCC(=O)OC(COCCC(C(=O)[O-])[N+](C)(C)C)COC(=O)CCCCCCCCC/C=C/CCCCCCCCCC. The number of esters is 2. The molecule has 2 unspecified atom stereocenters. The van der Waals surface area contributed by atoms with E-state index in [1.165, 1.54) is 154 Å². The molecule has 2 atom stereocenters. The lowest BCUT2D eigenvalue weighted by Crippen LogP contribution is -2.55. The smallest absolute Gasteiger partial charge is 0.306 e. The molecule has 0 aliphatic carbocycles. The van der Waals surface area contributed by atoms with Crippen LogP contribution >= 0.6 is 0 Å². The molecule has 0 saturated heterocycles. The first-order chi connectivity index (χ1) is 31.6. The number of rotatable bonds is 49. The Morgan fingerprint density at radius 1 is 0.462 bits per heavy atom. The van der Waals surface area contributed by atoms with Gasteiger partial charge in [0.05, 0.1) is 40.3 Å². The van der Waals surface area contributed by atoms with Gasteiger partial charge in [-0.15, -0.1) is 0 Å². The molecule has 0 radical (unpaired) electrons. The Kier molecular flexibility index (Phi) is 45.8. The largest absolute Gasteiger partial charge is 0.544 e. The van der Waals surface area contributed by atoms with Crippen LogP contribution in [-0.2, 0) is 28.6 Å². The van der Waals surface area contributed by atoms with E-state index in [9.17, 15) is 19.5 Å². The van der Waals surface area contributed by atoms with Crippen molar-refractivity contribution < 1.29 is 38.2 Å². The highest BCUT2D eigenvalue weighted by Gasteiger charge is 2.25. The zero-order valence-electron chi connectivity index (χ0n) is 43.2. The predicted octanol–water partition coefficient (Wildman–Crippen LogP) is 14.6. The minimum absolute atomic E-state index is 0.0377. The maximum atomic E-state index is 12.8. The molecule has 0 bridgehead atoms. The maximum absolute atomic E-state index is 12.8. The van der Waals surface area contributed by atoms with E-state index >= 15 is 0 Å². The standard InChI is InChI=1S/C57H103NO7/c1-6-8-10-12-14-16-18-20-22-24-26-27-28-30-32-34-36-38-40-42-44-46-48-56(60)65-53(51-63-50-49-54(57(61)62)58(3,4)5)52-64-55(59)47-45-43-41-39-37-35-33-31-29-25-23-21-19-17-15-13-11-9-7-2/h14,16,20,22,25-27,29,53-54H,6-13,15,17-19,21,23-24,28,30-52H2,1-5H3/b16-14+,22-20+,27-26+,29-25+. The summed E-state index contributed by atoms with van der Waals surface area (Å²) in [5.41, 5.74) is 0. The number of carboxylic acid groups (broad SMARTS) is 1. The van der Waals surface area contributed by atoms with Crippen LogP contribution in [0.25, 0.3) is 0 Å². The number of hydrogen-bond donors (Lipinski definition) is 0. The number of nitrogens with zero attached hydrogens (tertiary/aromatic N) is 1. The van der Waals surface area contributed by atoms with Crippen LogP contribution in [0.2, 0.25) is 0 Å². The average molecular weight is 914 g/mol. The van der Waals surface area contributed by atoms with Gasteiger partial charge in [0, 0.05) is 19.3 Å². The Hall–Kier alpha value is -2.71. The van der Waals surface area contributed by atoms with Crippen molar-refractivity contribution in [2.24, 2.45) is 0 Å². The monoisotopic (exact) mass is 914 g/mol. The van der Waals surface area contributed by atoms with Gasteiger partial charge in [0.2, 0.25) is 0 Å². The second-order valence-electron chi connectivity index (χ2n) is 19.5. The van der Waals surface area contributed by atoms with Gasteiger partial charge in [-0.2, -0.15) is 0 Å². The fourth-order valence-corrected chi connectivity index (χ4v) is 7.96. The highest BCUT2D eigenvalue weighted by Crippen LogP contribution is 2.15. The Labute approximate surface area is 401 Å². The zero-order valence-corrected chi connectivity index (χ0v) is 43.2. The first kappa shape index (κ1) is 62.3. The van der Waals surface area contributed by atoms with Gasteiger partial charge in [-0.05, 0) is 77.0 Å². The van der Waals surface area contributed by atoms with Crippen LogP contribution in [0.15, 0.2) is 48.6 Å². The van der Waals surface area contributed by atoms with Gasteiger partial charge in [0.15, 0.2) is 6.10 Å². The van der Waals surface area contributed by atoms with E-state index in [1.54, 1.807) is 21.1 Å². The van der Waals surface area contributed by atoms with Crippen molar-refractivity contribution in [3.8, 4) is 0 Å². The lowest BCUT2D eigenvalue weighted by molar-refractivity contribution is -0.889. The van der Waals surface area contributed by atoms with Crippen LogP contribution in [-0.4, -0.2) is 75.5 Å². The molecule has 0 saturated carbocycles. The average Bonchev–Trinajstić information content (AvgIpc) is 3.27. The molecule has 0 fully saturated rings. The second-order valence-corrected chi connectivity index (χ2v) is 19.5. The molecule has 0 N–H and O–H groups in total. The van der Waals surface area contributed by atoms with Gasteiger partial charge in [-0.1, -0.05) is 197 Å². The molecule has 0 aromatic carbocycles. The third-order valence-corrected chi connectivity index (χ3v) is 12.2. The van der Waals surface area contributed by atoms with Crippen LogP contribution in [0, 0.1) is 0 Å². The normalized spacial score (nSPS) is 13.2. The summed E-state index contributed by atoms with van der Waals surface area (Å²) >= 11 is 0. The van der Waals surface area contributed by atoms with E-state index in [2.05, 4.69) is 62.5 Å². The Bertz CT molecular complexity index is 1200. The van der Waals surface area contributed by atoms with Gasteiger partial charge in [0.1, 0.15) is 12.6 Å². The topological polar surface area (TPSA) is 102 Å². The van der Waals surface area contributed by atoms with E-state index < -0.39 is 18.1 Å². The summed E-state index contributed by atoms with van der Waals surface area (Å²) < 4.78 is 17.3. The molecule has 0 aliphatic heterocycles. The van der Waals surface area contributed by atoms with E-state index in [-0.39, 0.29) is 42.7 Å². The zero-order chi connectivity index (χ0) is 47.7. The Morgan fingerprint density at radius 3 is 1.25 bits per heavy atom. The molecule has 0 aromatic heterocycles. The van der Waals surface area contributed by atoms with Crippen molar-refractivity contribution in [1.82, 2.24) is 0 Å². The van der Waals surface area contributed by atoms with Crippen LogP contribution in [0.4, 0.5) is 0 Å². The first-order valence-corrected chi connectivity index (χ1v) is 27.2. The summed E-state index contributed by atoms with van der Waals surface area (Å²) in [6, 6.07) is -0.729. The summed E-state index contributed by atoms with van der Waals surface area (Å²) in [5.74, 6) is -1.74. The highest BCUT2D eigenvalue weighted by atomic mass is 16.6. The molecule has 378 valence electrons. The molecular formula is C57H103NO7. The minimum Gasteiger partial charge on any atom is -0.544 e. The maximum Gasteiger partial charge on any atom is 0.306 e. The molecule has 0 spiro atoms. The quantitative estimate of drug-likeness (QED) is 0.0259. The number of quaternary nitrogens is 1. The van der Waals surface area contributed by atoms with E-state index in [1.807, 2.05) is 0 Å². The van der Waals surface area contributed by atoms with Crippen molar-refractivity contribution in [2.45, 2.75) is 257 Å². The van der Waals surface area contributed by atoms with Crippen LogP contribution in [0.1, 0.15) is 245 Å². The van der Waals surface area contributed by atoms with Crippen molar-refractivity contribution in [3.63, 3.8) is 0 Å². The van der Waals surface area contributed by atoms with Gasteiger partial charge < -0.3 is 28.6 Å². The summed E-state index contributed by atoms with van der Waals surface area (Å²) in [5, 5.41) is 11.7. The third-order valence-electron chi connectivity index (χ3n) is 12.2. The molecule has 65 heavy (non-hydrogen) atoms. The Balaban J connectivity index is 4.23. The third kappa shape index (κ3) is 46.2. The van der Waals surface area contributed by atoms with Crippen LogP contribution in [0.5, 0.6) is 0 Å². The fraction of sp³-hybridized carbons (Fsp3) is 0.807. The van der Waals surface area contributed by atoms with Gasteiger partial charge >= 0.3 is 11.9 Å². The molecule has 0 amide bonds. The summed E-state index contributed by atoms with van der Waals surface area (Å²) in [6.07, 6.45) is 58.5. The molecule has 0 heterocycles. The number of hydrogen-bond acceptors (Lipinski definition) is 7. The number of unbranched alkanes of at least 4 members (excludes halogenated alkanes) is 27. The number of carbonyl (C=O) groups is 3. The lowest BCUT2D eigenvalue weighted by Gasteiger charge is -2.34. The molecule has 8 nitrogen and oxygen atoms in total. The minimum atomic E-state index is -1.13. The summed E-state index contributed by atoms with van der Waals surface area (Å²) in [6.45, 7) is 4.65. The summed E-state index contributed by atoms with van der Waals surface area (Å²) in [7, 11) is 5.42. The van der Waals surface area contributed by atoms with Crippen LogP contribution < -0.4 is 5.11 Å². The van der Waals surface area contributed by atoms with Crippen molar-refractivity contribution in [2.75, 3.05) is 41.0 Å². The number of allylic oxidation sites excluding steroid dienone is 8. The Morgan fingerprint density at radius 2 is 0.815 bits per heavy atom. The number of ether oxygens (including phenoxy) is 3. The van der Waals surface area contributed by atoms with Gasteiger partial charge in [0.25, 0.3) is 0 Å². The number of carbonyl (C=O) groups excluding carboxylic acids is 3. The fourth-order valence-electron chi connectivity index (χ4n) is 7.96. The van der Waals surface area contributed by atoms with Crippen molar-refractivity contribution in [3.05, 3.63) is 48.6 Å². The second kappa shape index (κ2) is 47.8. The van der Waals surface area contributed by atoms with Crippen LogP contribution in [0.3, 0.4) is 0 Å². The van der Waals surface area contributed by atoms with Gasteiger partial charge in [-0.25, -0.2) is 0 Å². The first-order valence-electron chi connectivity index (χ1n) is 27.2. The number of carboxylic acids is 1. The predicted molar refractivity (Wildman–Crippen MR) is 273 cm³/mol. The number of likely N-dealkylation sites (N-methyl/N-ethyl adjacent to an activating group) is 1. The molecular weight excluding hydrogens is 811 g/mol. The lowest BCUT2D eigenvalue weighted by atomic mass is 10.1. The molecule has 0 aromatic rings.